The molecule has 2 aromatic rings. The van der Waals surface area contributed by atoms with Crippen LogP contribution < -0.4 is 5.32 Å². The van der Waals surface area contributed by atoms with Gasteiger partial charge in [-0.25, -0.2) is 4.39 Å². The molecule has 1 atom stereocenters. The lowest BCUT2D eigenvalue weighted by atomic mass is 10.1. The maximum absolute atomic E-state index is 12.8. The van der Waals surface area contributed by atoms with Crippen molar-refractivity contribution in [3.05, 3.63) is 63.9 Å². The van der Waals surface area contributed by atoms with Gasteiger partial charge in [-0.1, -0.05) is 12.1 Å². The van der Waals surface area contributed by atoms with Crippen LogP contribution in [0.25, 0.3) is 0 Å². The number of hydrogen-bond donors (Lipinski definition) is 1. The quantitative estimate of drug-likeness (QED) is 0.894. The summed E-state index contributed by atoms with van der Waals surface area (Å²) in [7, 11) is 0. The van der Waals surface area contributed by atoms with Crippen LogP contribution in [0.4, 0.5) is 10.1 Å². The zero-order valence-electron chi connectivity index (χ0n) is 11.0. The Kier molecular flexibility index (Phi) is 4.75. The zero-order valence-corrected chi connectivity index (χ0v) is 12.6. The minimum Gasteiger partial charge on any atom is -0.382 e. The first kappa shape index (κ1) is 14.5. The molecule has 0 aliphatic carbocycles. The van der Waals surface area contributed by atoms with E-state index < -0.39 is 0 Å². The van der Waals surface area contributed by atoms with Gasteiger partial charge in [-0.15, -0.1) is 0 Å². The Hall–Kier alpha value is -1.86. The van der Waals surface area contributed by atoms with Crippen LogP contribution in [0.5, 0.6) is 0 Å². The maximum Gasteiger partial charge on any atom is 0.123 e. The van der Waals surface area contributed by atoms with Crippen LogP contribution in [0.3, 0.4) is 0 Å². The van der Waals surface area contributed by atoms with Crippen molar-refractivity contribution in [2.24, 2.45) is 0 Å². The molecular weight excluding hydrogens is 319 g/mol. The van der Waals surface area contributed by atoms with Crippen molar-refractivity contribution in [1.82, 2.24) is 0 Å². The van der Waals surface area contributed by atoms with Crippen LogP contribution >= 0.6 is 15.9 Å². The van der Waals surface area contributed by atoms with Crippen molar-refractivity contribution >= 4 is 21.6 Å². The van der Waals surface area contributed by atoms with Crippen LogP contribution in [0, 0.1) is 17.1 Å². The van der Waals surface area contributed by atoms with Gasteiger partial charge < -0.3 is 5.32 Å². The van der Waals surface area contributed by atoms with E-state index >= 15 is 0 Å². The van der Waals surface area contributed by atoms with Crippen molar-refractivity contribution in [1.29, 1.82) is 5.26 Å². The van der Waals surface area contributed by atoms with Crippen LogP contribution in [0.1, 0.15) is 18.1 Å². The Morgan fingerprint density at radius 1 is 1.25 bits per heavy atom. The molecule has 102 valence electrons. The highest BCUT2D eigenvalue weighted by molar-refractivity contribution is 9.10. The number of halogens is 2. The summed E-state index contributed by atoms with van der Waals surface area (Å²) >= 11 is 3.37. The molecule has 1 unspecified atom stereocenters. The third-order valence-corrected chi connectivity index (χ3v) is 3.61. The number of nitrogens with one attached hydrogen (secondary N) is 1. The Balaban J connectivity index is 2.01. The Labute approximate surface area is 126 Å². The number of anilines is 1. The number of rotatable bonds is 4. The minimum atomic E-state index is -0.217. The zero-order chi connectivity index (χ0) is 14.5. The van der Waals surface area contributed by atoms with E-state index in [4.69, 9.17) is 5.26 Å². The molecule has 2 aromatic carbocycles. The molecule has 0 aromatic heterocycles. The Morgan fingerprint density at radius 3 is 2.55 bits per heavy atom. The van der Waals surface area contributed by atoms with E-state index in [0.29, 0.717) is 5.56 Å². The number of hydrogen-bond acceptors (Lipinski definition) is 2. The van der Waals surface area contributed by atoms with Gasteiger partial charge in [0.25, 0.3) is 0 Å². The van der Waals surface area contributed by atoms with E-state index in [0.717, 1.165) is 22.1 Å². The molecule has 4 heteroatoms. The minimum absolute atomic E-state index is 0.209. The Bertz CT molecular complexity index is 632. The fourth-order valence-corrected chi connectivity index (χ4v) is 2.47. The van der Waals surface area contributed by atoms with Crippen LogP contribution in [-0.2, 0) is 6.42 Å². The van der Waals surface area contributed by atoms with Crippen LogP contribution in [0.15, 0.2) is 46.9 Å². The lowest BCUT2D eigenvalue weighted by Gasteiger charge is -2.16. The SMILES string of the molecule is CC(Cc1ccc(F)cc1)Nc1ccc(C#N)c(Br)c1. The van der Waals surface area contributed by atoms with E-state index in [2.05, 4.69) is 34.2 Å². The summed E-state index contributed by atoms with van der Waals surface area (Å²) in [5.74, 6) is -0.217. The largest absolute Gasteiger partial charge is 0.382 e. The van der Waals surface area contributed by atoms with Crippen molar-refractivity contribution in [3.63, 3.8) is 0 Å². The first-order valence-corrected chi connectivity index (χ1v) is 7.08. The molecule has 0 fully saturated rings. The highest BCUT2D eigenvalue weighted by Gasteiger charge is 2.06. The molecule has 0 amide bonds. The summed E-state index contributed by atoms with van der Waals surface area (Å²) < 4.78 is 13.6. The average Bonchev–Trinajstić information content (AvgIpc) is 2.41. The van der Waals surface area contributed by atoms with Crippen LogP contribution in [-0.4, -0.2) is 6.04 Å². The monoisotopic (exact) mass is 332 g/mol. The molecule has 0 aliphatic rings. The average molecular weight is 333 g/mol. The van der Waals surface area contributed by atoms with Gasteiger partial charge in [0.2, 0.25) is 0 Å². The Morgan fingerprint density at radius 2 is 1.95 bits per heavy atom. The second kappa shape index (κ2) is 6.53. The molecule has 0 aliphatic heterocycles. The molecule has 0 saturated heterocycles. The fourth-order valence-electron chi connectivity index (χ4n) is 2.01. The highest BCUT2D eigenvalue weighted by Crippen LogP contribution is 2.21. The molecular formula is C16H14BrFN2. The van der Waals surface area contributed by atoms with Gasteiger partial charge in [0.15, 0.2) is 0 Å². The molecule has 20 heavy (non-hydrogen) atoms. The highest BCUT2D eigenvalue weighted by atomic mass is 79.9. The van der Waals surface area contributed by atoms with Gasteiger partial charge in [-0.2, -0.15) is 5.26 Å². The molecule has 0 spiro atoms. The summed E-state index contributed by atoms with van der Waals surface area (Å²) in [4.78, 5) is 0. The fraction of sp³-hybridized carbons (Fsp3) is 0.188. The summed E-state index contributed by atoms with van der Waals surface area (Å²) in [6.07, 6.45) is 0.803. The summed E-state index contributed by atoms with van der Waals surface area (Å²) in [6.45, 7) is 2.06. The van der Waals surface area contributed by atoms with Crippen molar-refractivity contribution < 1.29 is 4.39 Å². The lowest BCUT2D eigenvalue weighted by molar-refractivity contribution is 0.626. The number of benzene rings is 2. The molecule has 0 radical (unpaired) electrons. The number of nitriles is 1. The predicted octanol–water partition coefficient (Wildman–Crippen LogP) is 4.50. The van der Waals surface area contributed by atoms with Gasteiger partial charge >= 0.3 is 0 Å². The normalized spacial score (nSPS) is 11.7. The van der Waals surface area contributed by atoms with Gasteiger partial charge in [-0.05, 0) is 65.2 Å². The van der Waals surface area contributed by atoms with Gasteiger partial charge in [0.1, 0.15) is 11.9 Å². The summed E-state index contributed by atoms with van der Waals surface area (Å²) in [6, 6.07) is 14.4. The van der Waals surface area contributed by atoms with Gasteiger partial charge in [-0.3, -0.25) is 0 Å². The van der Waals surface area contributed by atoms with E-state index in [1.807, 2.05) is 12.1 Å². The molecule has 2 rings (SSSR count). The first-order chi connectivity index (χ1) is 9.58. The summed E-state index contributed by atoms with van der Waals surface area (Å²) in [5.41, 5.74) is 2.64. The standard InChI is InChI=1S/C16H14BrFN2/c1-11(8-12-2-5-14(18)6-3-12)20-15-7-4-13(10-19)16(17)9-15/h2-7,9,11,20H,8H2,1H3. The van der Waals surface area contributed by atoms with E-state index in [9.17, 15) is 4.39 Å². The van der Waals surface area contributed by atoms with Gasteiger partial charge in [0, 0.05) is 16.2 Å². The predicted molar refractivity (Wildman–Crippen MR) is 82.0 cm³/mol. The topological polar surface area (TPSA) is 35.8 Å². The van der Waals surface area contributed by atoms with Gasteiger partial charge in [0.05, 0.1) is 5.56 Å². The number of nitrogens with zero attached hydrogens (tertiary/aromatic N) is 1. The van der Waals surface area contributed by atoms with Crippen molar-refractivity contribution in [2.45, 2.75) is 19.4 Å². The third kappa shape index (κ3) is 3.82. The summed E-state index contributed by atoms with van der Waals surface area (Å²) in [5, 5.41) is 12.2. The van der Waals surface area contributed by atoms with E-state index in [1.54, 1.807) is 18.2 Å². The van der Waals surface area contributed by atoms with Crippen LogP contribution in [0.2, 0.25) is 0 Å². The third-order valence-electron chi connectivity index (χ3n) is 2.96. The second-order valence-electron chi connectivity index (χ2n) is 4.68. The molecule has 1 N–H and O–H groups in total. The van der Waals surface area contributed by atoms with E-state index in [1.165, 1.54) is 12.1 Å². The smallest absolute Gasteiger partial charge is 0.123 e. The lowest BCUT2D eigenvalue weighted by Crippen LogP contribution is -2.18. The van der Waals surface area contributed by atoms with E-state index in [-0.39, 0.29) is 11.9 Å². The van der Waals surface area contributed by atoms with Crippen molar-refractivity contribution in [3.8, 4) is 6.07 Å². The molecule has 0 saturated carbocycles. The first-order valence-electron chi connectivity index (χ1n) is 6.29. The molecule has 0 heterocycles. The molecule has 0 bridgehead atoms. The maximum atomic E-state index is 12.8. The molecule has 2 nitrogen and oxygen atoms in total. The second-order valence-corrected chi connectivity index (χ2v) is 5.54. The van der Waals surface area contributed by atoms with Crippen molar-refractivity contribution in [2.75, 3.05) is 5.32 Å².